The normalized spacial score (nSPS) is 16.9. The minimum Gasteiger partial charge on any atom is -0.480 e. The van der Waals surface area contributed by atoms with Crippen LogP contribution in [-0.2, 0) is 22.5 Å². The van der Waals surface area contributed by atoms with E-state index in [1.54, 1.807) is 0 Å². The Morgan fingerprint density at radius 2 is 2.12 bits per heavy atom. The molecule has 1 unspecified atom stereocenters. The molecule has 0 radical (unpaired) electrons. The number of carbonyl (C=O) groups is 1. The molecule has 0 saturated carbocycles. The molecule has 5 nitrogen and oxygen atoms in total. The van der Waals surface area contributed by atoms with E-state index in [0.29, 0.717) is 11.6 Å². The van der Waals surface area contributed by atoms with E-state index in [-0.39, 0.29) is 18.6 Å². The van der Waals surface area contributed by atoms with E-state index in [0.717, 1.165) is 42.0 Å². The van der Waals surface area contributed by atoms with Crippen LogP contribution in [-0.4, -0.2) is 27.2 Å². The number of rotatable bonds is 6. The molecular formula is C19H23ClN2O3. The van der Waals surface area contributed by atoms with Gasteiger partial charge in [-0.15, -0.1) is 0 Å². The van der Waals surface area contributed by atoms with Crippen LogP contribution in [0.15, 0.2) is 24.3 Å². The third kappa shape index (κ3) is 4.05. The summed E-state index contributed by atoms with van der Waals surface area (Å²) in [4.78, 5) is 15.8. The fraction of sp³-hybridized carbons (Fsp3) is 0.474. The van der Waals surface area contributed by atoms with E-state index >= 15 is 0 Å². The van der Waals surface area contributed by atoms with Crippen molar-refractivity contribution in [2.24, 2.45) is 0 Å². The summed E-state index contributed by atoms with van der Waals surface area (Å²) in [5, 5.41) is 9.67. The molecule has 1 aliphatic carbocycles. The fourth-order valence-electron chi connectivity index (χ4n) is 3.38. The van der Waals surface area contributed by atoms with Gasteiger partial charge in [0, 0.05) is 17.5 Å². The lowest BCUT2D eigenvalue weighted by atomic mass is 9.98. The monoisotopic (exact) mass is 362 g/mol. The fourth-order valence-corrected chi connectivity index (χ4v) is 3.51. The summed E-state index contributed by atoms with van der Waals surface area (Å²) in [6.07, 6.45) is 2.49. The average molecular weight is 363 g/mol. The number of benzene rings is 1. The maximum atomic E-state index is 10.9. The van der Waals surface area contributed by atoms with Gasteiger partial charge in [0.15, 0.2) is 0 Å². The number of aliphatic carboxylic acids is 1. The topological polar surface area (TPSA) is 64.4 Å². The molecule has 1 aliphatic rings. The molecule has 3 rings (SSSR count). The molecule has 0 saturated heterocycles. The van der Waals surface area contributed by atoms with Gasteiger partial charge in [0.1, 0.15) is 18.5 Å². The molecule has 1 atom stereocenters. The zero-order chi connectivity index (χ0) is 18.0. The molecule has 25 heavy (non-hydrogen) atoms. The summed E-state index contributed by atoms with van der Waals surface area (Å²) in [5.74, 6) is 0.351. The molecule has 1 heterocycles. The lowest BCUT2D eigenvalue weighted by Gasteiger charge is -2.25. The number of imidazole rings is 1. The molecule has 1 aromatic heterocycles. The van der Waals surface area contributed by atoms with Gasteiger partial charge in [-0.05, 0) is 37.0 Å². The molecule has 0 spiro atoms. The van der Waals surface area contributed by atoms with Crippen molar-refractivity contribution in [3.05, 3.63) is 52.1 Å². The Kier molecular flexibility index (Phi) is 5.45. The van der Waals surface area contributed by atoms with Crippen LogP contribution in [0.3, 0.4) is 0 Å². The Labute approximate surface area is 152 Å². The van der Waals surface area contributed by atoms with Gasteiger partial charge in [-0.3, -0.25) is 0 Å². The number of fused-ring (bicyclic) bond motifs is 1. The van der Waals surface area contributed by atoms with Gasteiger partial charge in [0.25, 0.3) is 0 Å². The molecule has 0 bridgehead atoms. The van der Waals surface area contributed by atoms with Crippen LogP contribution in [0.1, 0.15) is 61.5 Å². The van der Waals surface area contributed by atoms with Crippen LogP contribution in [0, 0.1) is 0 Å². The Bertz CT molecular complexity index is 753. The van der Waals surface area contributed by atoms with E-state index in [1.807, 2.05) is 24.3 Å². The first-order chi connectivity index (χ1) is 12.0. The van der Waals surface area contributed by atoms with Gasteiger partial charge >= 0.3 is 5.97 Å². The highest BCUT2D eigenvalue weighted by Crippen LogP contribution is 2.35. The molecule has 0 fully saturated rings. The van der Waals surface area contributed by atoms with E-state index in [4.69, 9.17) is 26.4 Å². The quantitative estimate of drug-likeness (QED) is 0.836. The third-order valence-electron chi connectivity index (χ3n) is 4.48. The van der Waals surface area contributed by atoms with Gasteiger partial charge < -0.3 is 14.4 Å². The van der Waals surface area contributed by atoms with Gasteiger partial charge in [-0.1, -0.05) is 37.6 Å². The highest BCUT2D eigenvalue weighted by Gasteiger charge is 2.29. The summed E-state index contributed by atoms with van der Waals surface area (Å²) in [6, 6.07) is 7.78. The number of halogens is 1. The lowest BCUT2D eigenvalue weighted by molar-refractivity contribution is -0.145. The maximum Gasteiger partial charge on any atom is 0.329 e. The molecular weight excluding hydrogens is 340 g/mol. The minimum absolute atomic E-state index is 0.216. The van der Waals surface area contributed by atoms with E-state index < -0.39 is 5.97 Å². The largest absolute Gasteiger partial charge is 0.480 e. The third-order valence-corrected chi connectivity index (χ3v) is 4.73. The number of hydrogen-bond donors (Lipinski definition) is 1. The molecule has 0 aliphatic heterocycles. The summed E-state index contributed by atoms with van der Waals surface area (Å²) in [6.45, 7) is 4.64. The van der Waals surface area contributed by atoms with Crippen molar-refractivity contribution >= 4 is 17.6 Å². The maximum absolute atomic E-state index is 10.9. The first kappa shape index (κ1) is 18.0. The van der Waals surface area contributed by atoms with Crippen molar-refractivity contribution in [2.75, 3.05) is 6.61 Å². The van der Waals surface area contributed by atoms with Crippen LogP contribution < -0.4 is 0 Å². The van der Waals surface area contributed by atoms with Crippen molar-refractivity contribution in [3.8, 4) is 0 Å². The number of aromatic nitrogens is 2. The second-order valence-electron chi connectivity index (χ2n) is 6.75. The van der Waals surface area contributed by atoms with Crippen LogP contribution in [0.4, 0.5) is 0 Å². The number of aryl methyl sites for hydroxylation is 1. The highest BCUT2D eigenvalue weighted by atomic mass is 35.5. The number of carboxylic acid groups (broad SMARTS) is 1. The second-order valence-corrected chi connectivity index (χ2v) is 7.19. The van der Waals surface area contributed by atoms with Crippen molar-refractivity contribution in [1.29, 1.82) is 0 Å². The van der Waals surface area contributed by atoms with Crippen LogP contribution in [0.25, 0.3) is 0 Å². The molecule has 6 heteroatoms. The Morgan fingerprint density at radius 1 is 1.40 bits per heavy atom. The van der Waals surface area contributed by atoms with Crippen molar-refractivity contribution in [1.82, 2.24) is 9.55 Å². The summed E-state index contributed by atoms with van der Waals surface area (Å²) >= 11 is 5.99. The first-order valence-corrected chi connectivity index (χ1v) is 9.00. The van der Waals surface area contributed by atoms with Crippen LogP contribution in [0.5, 0.6) is 0 Å². The predicted molar refractivity (Wildman–Crippen MR) is 96.1 cm³/mol. The predicted octanol–water partition coefficient (Wildman–Crippen LogP) is 4.19. The average Bonchev–Trinajstić information content (AvgIpc) is 2.94. The molecule has 1 N–H and O–H groups in total. The summed E-state index contributed by atoms with van der Waals surface area (Å²) < 4.78 is 7.88. The van der Waals surface area contributed by atoms with Crippen molar-refractivity contribution in [3.63, 3.8) is 0 Å². The molecule has 134 valence electrons. The smallest absolute Gasteiger partial charge is 0.329 e. The lowest BCUT2D eigenvalue weighted by Crippen LogP contribution is -2.21. The zero-order valence-corrected chi connectivity index (χ0v) is 15.3. The standard InChI is InChI=1S/C19H23ClN2O3/c1-12(2)19-21-15-4-3-5-16(25-11-17(23)24)18(15)22(19)10-13-6-8-14(20)9-7-13/h6-9,12,16H,3-5,10-11H2,1-2H3,(H,23,24). The van der Waals surface area contributed by atoms with E-state index in [2.05, 4.69) is 18.4 Å². The zero-order valence-electron chi connectivity index (χ0n) is 14.5. The van der Waals surface area contributed by atoms with Crippen molar-refractivity contribution < 1.29 is 14.6 Å². The van der Waals surface area contributed by atoms with Gasteiger partial charge in [0.2, 0.25) is 0 Å². The minimum atomic E-state index is -0.944. The summed E-state index contributed by atoms with van der Waals surface area (Å²) in [7, 11) is 0. The summed E-state index contributed by atoms with van der Waals surface area (Å²) in [5.41, 5.74) is 3.21. The Balaban J connectivity index is 1.98. The van der Waals surface area contributed by atoms with Crippen molar-refractivity contribution in [2.45, 2.75) is 51.7 Å². The van der Waals surface area contributed by atoms with Crippen LogP contribution >= 0.6 is 11.6 Å². The molecule has 0 amide bonds. The van der Waals surface area contributed by atoms with E-state index in [1.165, 1.54) is 0 Å². The van der Waals surface area contributed by atoms with E-state index in [9.17, 15) is 4.79 Å². The number of nitrogens with zero attached hydrogens (tertiary/aromatic N) is 2. The van der Waals surface area contributed by atoms with Gasteiger partial charge in [-0.2, -0.15) is 0 Å². The first-order valence-electron chi connectivity index (χ1n) is 8.62. The Hall–Kier alpha value is -1.85. The number of hydrogen-bond acceptors (Lipinski definition) is 3. The second kappa shape index (κ2) is 7.58. The van der Waals surface area contributed by atoms with Gasteiger partial charge in [0.05, 0.1) is 11.4 Å². The van der Waals surface area contributed by atoms with Gasteiger partial charge in [-0.25, -0.2) is 9.78 Å². The highest BCUT2D eigenvalue weighted by molar-refractivity contribution is 6.30. The SMILES string of the molecule is CC(C)c1nc2c(n1Cc1ccc(Cl)cc1)C(OCC(=O)O)CCC2. The number of carboxylic acids is 1. The number of ether oxygens (including phenoxy) is 1. The Morgan fingerprint density at radius 3 is 2.76 bits per heavy atom. The molecule has 1 aromatic carbocycles. The molecule has 2 aromatic rings. The van der Waals surface area contributed by atoms with Crippen LogP contribution in [0.2, 0.25) is 5.02 Å².